The Morgan fingerprint density at radius 1 is 1.45 bits per heavy atom. The van der Waals surface area contributed by atoms with Crippen molar-refractivity contribution < 1.29 is 14.7 Å². The molecule has 1 fully saturated rings. The monoisotopic (exact) mass is 279 g/mol. The number of aliphatic carboxylic acids is 1. The largest absolute Gasteiger partial charge is 0.480 e. The zero-order valence-corrected chi connectivity index (χ0v) is 11.4. The summed E-state index contributed by atoms with van der Waals surface area (Å²) in [6.45, 7) is 4.05. The maximum atomic E-state index is 12.4. The molecule has 2 heterocycles. The van der Waals surface area contributed by atoms with Gasteiger partial charge in [0.1, 0.15) is 11.7 Å². The van der Waals surface area contributed by atoms with Gasteiger partial charge in [-0.1, -0.05) is 13.8 Å². The van der Waals surface area contributed by atoms with Crippen molar-refractivity contribution in [3.63, 3.8) is 0 Å². The van der Waals surface area contributed by atoms with Crippen LogP contribution in [0.3, 0.4) is 0 Å². The minimum absolute atomic E-state index is 0.0496. The predicted molar refractivity (Wildman–Crippen MR) is 70.3 cm³/mol. The number of carboxylic acid groups (broad SMARTS) is 1. The number of likely N-dealkylation sites (tertiary alicyclic amines) is 1. The number of rotatable bonds is 2. The van der Waals surface area contributed by atoms with Gasteiger partial charge in [0.25, 0.3) is 11.5 Å². The minimum Gasteiger partial charge on any atom is -0.480 e. The molecule has 2 N–H and O–H groups in total. The smallest absolute Gasteiger partial charge is 0.326 e. The molecule has 1 amide bonds. The van der Waals surface area contributed by atoms with Crippen LogP contribution < -0.4 is 5.56 Å². The van der Waals surface area contributed by atoms with Crippen LogP contribution in [-0.4, -0.2) is 44.7 Å². The van der Waals surface area contributed by atoms with Gasteiger partial charge in [0, 0.05) is 12.6 Å². The van der Waals surface area contributed by atoms with Crippen LogP contribution in [0.5, 0.6) is 0 Å². The van der Waals surface area contributed by atoms with Crippen molar-refractivity contribution in [2.75, 3.05) is 6.54 Å². The standard InChI is InChI=1S/C13H17N3O4/c1-13(2)6-3-7-16(10(13)12(19)20)11(18)8-4-5-9(17)15-14-8/h4-5,10H,3,6-7H2,1-2H3,(H,15,17)(H,19,20). The van der Waals surface area contributed by atoms with Gasteiger partial charge in [-0.05, 0) is 24.3 Å². The molecule has 1 aliphatic rings. The van der Waals surface area contributed by atoms with Crippen LogP contribution in [0.2, 0.25) is 0 Å². The third kappa shape index (κ3) is 2.56. The van der Waals surface area contributed by atoms with Gasteiger partial charge < -0.3 is 10.0 Å². The number of aromatic amines is 1. The molecule has 1 aliphatic heterocycles. The number of carboxylic acids is 1. The summed E-state index contributed by atoms with van der Waals surface area (Å²) in [6, 6.07) is 1.62. The first-order chi connectivity index (χ1) is 9.33. The Bertz CT molecular complexity index is 573. The fourth-order valence-electron chi connectivity index (χ4n) is 2.69. The normalized spacial score (nSPS) is 21.5. The molecule has 1 atom stereocenters. The number of hydrogen-bond donors (Lipinski definition) is 2. The zero-order valence-electron chi connectivity index (χ0n) is 11.4. The van der Waals surface area contributed by atoms with E-state index in [1.165, 1.54) is 17.0 Å². The zero-order chi connectivity index (χ0) is 14.9. The van der Waals surface area contributed by atoms with Crippen LogP contribution in [-0.2, 0) is 4.79 Å². The number of carbonyl (C=O) groups excluding carboxylic acids is 1. The fraction of sp³-hybridized carbons (Fsp3) is 0.538. The summed E-state index contributed by atoms with van der Waals surface area (Å²) in [5.41, 5.74) is -0.856. The topological polar surface area (TPSA) is 103 Å². The number of aromatic nitrogens is 2. The molecule has 108 valence electrons. The number of amides is 1. The van der Waals surface area contributed by atoms with Crippen LogP contribution in [0.4, 0.5) is 0 Å². The van der Waals surface area contributed by atoms with Gasteiger partial charge in [-0.15, -0.1) is 0 Å². The maximum absolute atomic E-state index is 12.4. The average Bonchev–Trinajstić information content (AvgIpc) is 2.36. The second kappa shape index (κ2) is 5.07. The van der Waals surface area contributed by atoms with E-state index in [1.807, 2.05) is 13.8 Å². The van der Waals surface area contributed by atoms with E-state index in [-0.39, 0.29) is 5.69 Å². The third-order valence-corrected chi connectivity index (χ3v) is 3.67. The van der Waals surface area contributed by atoms with Crippen LogP contribution in [0.25, 0.3) is 0 Å². The van der Waals surface area contributed by atoms with Gasteiger partial charge in [-0.3, -0.25) is 9.59 Å². The van der Waals surface area contributed by atoms with E-state index in [0.29, 0.717) is 6.54 Å². The van der Waals surface area contributed by atoms with Crippen molar-refractivity contribution in [2.45, 2.75) is 32.7 Å². The molecule has 20 heavy (non-hydrogen) atoms. The molecule has 0 aromatic carbocycles. The second-order valence-corrected chi connectivity index (χ2v) is 5.64. The van der Waals surface area contributed by atoms with E-state index < -0.39 is 28.9 Å². The van der Waals surface area contributed by atoms with Crippen molar-refractivity contribution >= 4 is 11.9 Å². The lowest BCUT2D eigenvalue weighted by molar-refractivity contribution is -0.148. The summed E-state index contributed by atoms with van der Waals surface area (Å²) in [7, 11) is 0. The molecule has 0 bridgehead atoms. The van der Waals surface area contributed by atoms with Crippen molar-refractivity contribution in [3.8, 4) is 0 Å². The molecule has 1 saturated heterocycles. The van der Waals surface area contributed by atoms with Gasteiger partial charge >= 0.3 is 5.97 Å². The SMILES string of the molecule is CC1(C)CCCN(C(=O)c2ccc(=O)[nH]n2)C1C(=O)O. The van der Waals surface area contributed by atoms with E-state index in [4.69, 9.17) is 0 Å². The Morgan fingerprint density at radius 2 is 2.15 bits per heavy atom. The molecular formula is C13H17N3O4. The summed E-state index contributed by atoms with van der Waals surface area (Å²) in [6.07, 6.45) is 1.48. The molecule has 0 saturated carbocycles. The van der Waals surface area contributed by atoms with Crippen LogP contribution in [0.1, 0.15) is 37.2 Å². The highest BCUT2D eigenvalue weighted by Gasteiger charge is 2.44. The highest BCUT2D eigenvalue weighted by molar-refractivity contribution is 5.95. The van der Waals surface area contributed by atoms with Crippen LogP contribution in [0, 0.1) is 5.41 Å². The van der Waals surface area contributed by atoms with Gasteiger partial charge in [-0.2, -0.15) is 5.10 Å². The van der Waals surface area contributed by atoms with E-state index in [1.54, 1.807) is 0 Å². The number of piperidine rings is 1. The fourth-order valence-corrected chi connectivity index (χ4v) is 2.69. The van der Waals surface area contributed by atoms with Gasteiger partial charge in [-0.25, -0.2) is 9.89 Å². The van der Waals surface area contributed by atoms with E-state index in [9.17, 15) is 19.5 Å². The Balaban J connectivity index is 2.34. The summed E-state index contributed by atoms with van der Waals surface area (Å²) < 4.78 is 0. The first-order valence-electron chi connectivity index (χ1n) is 6.42. The molecule has 1 aromatic heterocycles. The van der Waals surface area contributed by atoms with Gasteiger partial charge in [0.2, 0.25) is 0 Å². The maximum Gasteiger partial charge on any atom is 0.326 e. The van der Waals surface area contributed by atoms with Gasteiger partial charge in [0.05, 0.1) is 0 Å². The highest BCUT2D eigenvalue weighted by Crippen LogP contribution is 2.35. The summed E-state index contributed by atoms with van der Waals surface area (Å²) in [5, 5.41) is 15.3. The first kappa shape index (κ1) is 14.2. The molecule has 1 aromatic rings. The lowest BCUT2D eigenvalue weighted by Gasteiger charge is -2.43. The molecule has 0 aliphatic carbocycles. The molecule has 0 radical (unpaired) electrons. The molecule has 7 heteroatoms. The number of carbonyl (C=O) groups is 2. The van der Waals surface area contributed by atoms with Crippen molar-refractivity contribution in [2.24, 2.45) is 5.41 Å². The minimum atomic E-state index is -1.02. The quantitative estimate of drug-likeness (QED) is 0.819. The van der Waals surface area contributed by atoms with Crippen LogP contribution in [0.15, 0.2) is 16.9 Å². The lowest BCUT2D eigenvalue weighted by atomic mass is 9.76. The van der Waals surface area contributed by atoms with Gasteiger partial charge in [0.15, 0.2) is 0 Å². The average molecular weight is 279 g/mol. The molecule has 7 nitrogen and oxygen atoms in total. The summed E-state index contributed by atoms with van der Waals surface area (Å²) in [4.78, 5) is 36.2. The first-order valence-corrected chi connectivity index (χ1v) is 6.42. The van der Waals surface area contributed by atoms with Crippen molar-refractivity contribution in [1.82, 2.24) is 15.1 Å². The lowest BCUT2D eigenvalue weighted by Crippen LogP contribution is -2.56. The Kier molecular flexibility index (Phi) is 3.61. The molecule has 0 spiro atoms. The second-order valence-electron chi connectivity index (χ2n) is 5.64. The number of nitrogens with zero attached hydrogens (tertiary/aromatic N) is 2. The number of nitrogens with one attached hydrogen (secondary N) is 1. The number of hydrogen-bond acceptors (Lipinski definition) is 4. The molecule has 1 unspecified atom stereocenters. The third-order valence-electron chi connectivity index (χ3n) is 3.67. The van der Waals surface area contributed by atoms with E-state index in [2.05, 4.69) is 10.2 Å². The molecule has 2 rings (SSSR count). The van der Waals surface area contributed by atoms with E-state index >= 15 is 0 Å². The Labute approximate surface area is 115 Å². The Hall–Kier alpha value is -2.18. The summed E-state index contributed by atoms with van der Waals surface area (Å²) in [5.74, 6) is -1.49. The summed E-state index contributed by atoms with van der Waals surface area (Å²) >= 11 is 0. The Morgan fingerprint density at radius 3 is 2.70 bits per heavy atom. The van der Waals surface area contributed by atoms with Crippen LogP contribution >= 0.6 is 0 Å². The van der Waals surface area contributed by atoms with E-state index in [0.717, 1.165) is 12.8 Å². The molecular weight excluding hydrogens is 262 g/mol. The van der Waals surface area contributed by atoms with Crippen molar-refractivity contribution in [1.29, 1.82) is 0 Å². The van der Waals surface area contributed by atoms with Crippen molar-refractivity contribution in [3.05, 3.63) is 28.2 Å². The predicted octanol–water partition coefficient (Wildman–Crippen LogP) is 0.485. The number of H-pyrrole nitrogens is 1. The highest BCUT2D eigenvalue weighted by atomic mass is 16.4.